The van der Waals surface area contributed by atoms with Crippen LogP contribution in [0.4, 0.5) is 11.6 Å². The molecule has 0 radical (unpaired) electrons. The summed E-state index contributed by atoms with van der Waals surface area (Å²) >= 11 is 5.96. The molecule has 1 aromatic carbocycles. The molecule has 2 aromatic rings. The predicted octanol–water partition coefficient (Wildman–Crippen LogP) is 3.61. The van der Waals surface area contributed by atoms with Crippen LogP contribution in [0.15, 0.2) is 36.7 Å². The maximum absolute atomic E-state index is 5.96. The average molecular weight is 291 g/mol. The lowest BCUT2D eigenvalue weighted by molar-refractivity contribution is 0.960. The summed E-state index contributed by atoms with van der Waals surface area (Å²) in [5, 5.41) is 7.31. The van der Waals surface area contributed by atoms with E-state index in [0.717, 1.165) is 42.6 Å². The van der Waals surface area contributed by atoms with E-state index >= 15 is 0 Å². The summed E-state index contributed by atoms with van der Waals surface area (Å²) in [5.41, 5.74) is 1.21. The smallest absolute Gasteiger partial charge is 0.131 e. The fraction of sp³-hybridized carbons (Fsp3) is 0.333. The van der Waals surface area contributed by atoms with Crippen molar-refractivity contribution < 1.29 is 0 Å². The van der Waals surface area contributed by atoms with Crippen LogP contribution in [-0.4, -0.2) is 23.1 Å². The first-order chi connectivity index (χ1) is 9.78. The van der Waals surface area contributed by atoms with Gasteiger partial charge in [0.2, 0.25) is 0 Å². The molecule has 1 heterocycles. The van der Waals surface area contributed by atoms with E-state index in [-0.39, 0.29) is 0 Å². The van der Waals surface area contributed by atoms with Gasteiger partial charge in [-0.05, 0) is 30.5 Å². The zero-order valence-electron chi connectivity index (χ0n) is 11.6. The van der Waals surface area contributed by atoms with Gasteiger partial charge in [-0.2, -0.15) is 0 Å². The molecule has 0 saturated carbocycles. The summed E-state index contributed by atoms with van der Waals surface area (Å²) in [7, 11) is 0. The minimum atomic E-state index is 0.774. The fourth-order valence-corrected chi connectivity index (χ4v) is 2.04. The predicted molar refractivity (Wildman–Crippen MR) is 84.5 cm³/mol. The molecule has 0 aliphatic rings. The van der Waals surface area contributed by atoms with Crippen molar-refractivity contribution in [1.29, 1.82) is 0 Å². The van der Waals surface area contributed by atoms with Gasteiger partial charge in [-0.25, -0.2) is 9.97 Å². The summed E-state index contributed by atoms with van der Waals surface area (Å²) in [6.07, 6.45) is 3.55. The molecule has 0 bridgehead atoms. The highest BCUT2D eigenvalue weighted by molar-refractivity contribution is 6.30. The number of anilines is 2. The van der Waals surface area contributed by atoms with Crippen LogP contribution in [0.1, 0.15) is 18.9 Å². The molecule has 0 fully saturated rings. The number of nitrogens with one attached hydrogen (secondary N) is 2. The van der Waals surface area contributed by atoms with Gasteiger partial charge in [-0.15, -0.1) is 0 Å². The van der Waals surface area contributed by atoms with Crippen molar-refractivity contribution in [2.24, 2.45) is 0 Å². The zero-order chi connectivity index (χ0) is 14.2. The number of halogens is 1. The molecule has 5 heteroatoms. The van der Waals surface area contributed by atoms with E-state index in [0.29, 0.717) is 0 Å². The van der Waals surface area contributed by atoms with Crippen LogP contribution in [-0.2, 0) is 6.42 Å². The second kappa shape index (κ2) is 7.70. The lowest BCUT2D eigenvalue weighted by atomic mass is 10.1. The Morgan fingerprint density at radius 2 is 1.80 bits per heavy atom. The molecule has 1 aromatic heterocycles. The van der Waals surface area contributed by atoms with Gasteiger partial charge in [0.15, 0.2) is 0 Å². The van der Waals surface area contributed by atoms with Gasteiger partial charge >= 0.3 is 0 Å². The van der Waals surface area contributed by atoms with Crippen LogP contribution in [0, 0.1) is 0 Å². The number of hydrogen-bond donors (Lipinski definition) is 2. The van der Waals surface area contributed by atoms with Gasteiger partial charge < -0.3 is 10.6 Å². The summed E-state index contributed by atoms with van der Waals surface area (Å²) in [5.74, 6) is 1.69. The van der Waals surface area contributed by atoms with Crippen molar-refractivity contribution in [3.8, 4) is 0 Å². The second-order valence-electron chi connectivity index (χ2n) is 4.52. The molecule has 0 saturated heterocycles. The van der Waals surface area contributed by atoms with Crippen molar-refractivity contribution in [1.82, 2.24) is 9.97 Å². The van der Waals surface area contributed by atoms with Crippen LogP contribution >= 0.6 is 11.6 Å². The van der Waals surface area contributed by atoms with Crippen LogP contribution in [0.5, 0.6) is 0 Å². The molecule has 2 rings (SSSR count). The van der Waals surface area contributed by atoms with Crippen LogP contribution in [0.25, 0.3) is 0 Å². The third-order valence-corrected chi connectivity index (χ3v) is 3.07. The second-order valence-corrected chi connectivity index (χ2v) is 4.96. The maximum Gasteiger partial charge on any atom is 0.131 e. The Bertz CT molecular complexity index is 545. The Morgan fingerprint density at radius 3 is 2.50 bits per heavy atom. The van der Waals surface area contributed by atoms with Gasteiger partial charge in [-0.1, -0.05) is 30.7 Å². The van der Waals surface area contributed by atoms with Gasteiger partial charge in [0.25, 0.3) is 0 Å². The summed E-state index contributed by atoms with van der Waals surface area (Å²) in [4.78, 5) is 8.38. The third-order valence-electron chi connectivity index (χ3n) is 2.83. The quantitative estimate of drug-likeness (QED) is 0.818. The van der Waals surface area contributed by atoms with E-state index in [9.17, 15) is 0 Å². The Balaban J connectivity index is 1.84. The van der Waals surface area contributed by atoms with Gasteiger partial charge in [0, 0.05) is 24.2 Å². The third kappa shape index (κ3) is 4.70. The lowest BCUT2D eigenvalue weighted by Crippen LogP contribution is -2.08. The highest BCUT2D eigenvalue weighted by atomic mass is 35.5. The van der Waals surface area contributed by atoms with Crippen molar-refractivity contribution in [2.45, 2.75) is 19.8 Å². The molecule has 0 aliphatic heterocycles. The number of nitrogens with zero attached hydrogens (tertiary/aromatic N) is 2. The van der Waals surface area contributed by atoms with Crippen LogP contribution in [0.3, 0.4) is 0 Å². The molecule has 0 amide bonds. The first-order valence-corrected chi connectivity index (χ1v) is 7.20. The number of aromatic nitrogens is 2. The number of benzene rings is 1. The molecule has 20 heavy (non-hydrogen) atoms. The van der Waals surface area contributed by atoms with Gasteiger partial charge in [0.1, 0.15) is 18.0 Å². The Morgan fingerprint density at radius 1 is 1.05 bits per heavy atom. The highest BCUT2D eigenvalue weighted by Crippen LogP contribution is 2.12. The Labute approximate surface area is 124 Å². The van der Waals surface area contributed by atoms with Gasteiger partial charge in [-0.3, -0.25) is 0 Å². The number of hydrogen-bond acceptors (Lipinski definition) is 4. The monoisotopic (exact) mass is 290 g/mol. The summed E-state index contributed by atoms with van der Waals surface area (Å²) in [6, 6.07) is 9.83. The molecule has 4 nitrogen and oxygen atoms in total. The van der Waals surface area contributed by atoms with Gasteiger partial charge in [0.05, 0.1) is 0 Å². The topological polar surface area (TPSA) is 49.8 Å². The van der Waals surface area contributed by atoms with Crippen LogP contribution < -0.4 is 10.6 Å². The molecule has 106 valence electrons. The van der Waals surface area contributed by atoms with E-state index in [1.165, 1.54) is 5.56 Å². The molecule has 2 N–H and O–H groups in total. The van der Waals surface area contributed by atoms with Crippen LogP contribution in [0.2, 0.25) is 5.02 Å². The van der Waals surface area contributed by atoms with E-state index in [1.807, 2.05) is 24.3 Å². The first kappa shape index (κ1) is 14.6. The standard InChI is InChI=1S/C15H19ClN4/c1-2-7-17-14-10-15(20-11-19-14)18-8-6-12-4-3-5-13(16)9-12/h3-5,9-11H,2,6-8H2,1H3,(H2,17,18,19,20). The highest BCUT2D eigenvalue weighted by Gasteiger charge is 1.99. The summed E-state index contributed by atoms with van der Waals surface area (Å²) < 4.78 is 0. The van der Waals surface area contributed by atoms with Crippen molar-refractivity contribution >= 4 is 23.2 Å². The minimum absolute atomic E-state index is 0.774. The van der Waals surface area contributed by atoms with E-state index in [4.69, 9.17) is 11.6 Å². The summed E-state index contributed by atoms with van der Waals surface area (Å²) in [6.45, 7) is 3.85. The Hall–Kier alpha value is -1.81. The van der Waals surface area contributed by atoms with E-state index < -0.39 is 0 Å². The fourth-order valence-electron chi connectivity index (χ4n) is 1.83. The lowest BCUT2D eigenvalue weighted by Gasteiger charge is -2.08. The molecule has 0 atom stereocenters. The van der Waals surface area contributed by atoms with Crippen molar-refractivity contribution in [3.63, 3.8) is 0 Å². The zero-order valence-corrected chi connectivity index (χ0v) is 12.3. The first-order valence-electron chi connectivity index (χ1n) is 6.82. The molecule has 0 aliphatic carbocycles. The van der Waals surface area contributed by atoms with Crippen molar-refractivity contribution in [2.75, 3.05) is 23.7 Å². The largest absolute Gasteiger partial charge is 0.370 e. The van der Waals surface area contributed by atoms with E-state index in [1.54, 1.807) is 6.33 Å². The van der Waals surface area contributed by atoms with Crippen molar-refractivity contribution in [3.05, 3.63) is 47.2 Å². The SMILES string of the molecule is CCCNc1cc(NCCc2cccc(Cl)c2)ncn1. The normalized spacial score (nSPS) is 10.3. The minimum Gasteiger partial charge on any atom is -0.370 e. The molecular formula is C15H19ClN4. The average Bonchev–Trinajstić information content (AvgIpc) is 2.46. The molecular weight excluding hydrogens is 272 g/mol. The number of rotatable bonds is 7. The van der Waals surface area contributed by atoms with E-state index in [2.05, 4.69) is 33.6 Å². The Kier molecular flexibility index (Phi) is 5.62. The molecule has 0 unspecified atom stereocenters. The maximum atomic E-state index is 5.96. The molecule has 0 spiro atoms.